The summed E-state index contributed by atoms with van der Waals surface area (Å²) in [6.07, 6.45) is 14.4. The van der Waals surface area contributed by atoms with Crippen molar-refractivity contribution in [3.63, 3.8) is 0 Å². The van der Waals surface area contributed by atoms with E-state index in [9.17, 15) is 4.79 Å². The smallest absolute Gasteiger partial charge is 0.308 e. The SMILES string of the molecule is CCCCCCCCCCCCN1CCC(C(=O)O)C1C. The minimum Gasteiger partial charge on any atom is -0.481 e. The number of hydrogen-bond acceptors (Lipinski definition) is 2. The highest BCUT2D eigenvalue weighted by molar-refractivity contribution is 5.71. The summed E-state index contributed by atoms with van der Waals surface area (Å²) in [5.41, 5.74) is 0. The van der Waals surface area contributed by atoms with Crippen molar-refractivity contribution in [3.05, 3.63) is 0 Å². The molecule has 3 heteroatoms. The molecule has 21 heavy (non-hydrogen) atoms. The van der Waals surface area contributed by atoms with Crippen molar-refractivity contribution in [2.24, 2.45) is 5.92 Å². The number of hydrogen-bond donors (Lipinski definition) is 1. The van der Waals surface area contributed by atoms with Gasteiger partial charge in [-0.1, -0.05) is 64.7 Å². The molecule has 1 aliphatic heterocycles. The Hall–Kier alpha value is -0.570. The van der Waals surface area contributed by atoms with Gasteiger partial charge in [-0.15, -0.1) is 0 Å². The van der Waals surface area contributed by atoms with Crippen molar-refractivity contribution in [1.29, 1.82) is 0 Å². The lowest BCUT2D eigenvalue weighted by Gasteiger charge is -2.22. The second-order valence-corrected chi connectivity index (χ2v) is 6.69. The Morgan fingerprint density at radius 3 is 2.00 bits per heavy atom. The van der Waals surface area contributed by atoms with E-state index in [1.165, 1.54) is 64.2 Å². The van der Waals surface area contributed by atoms with E-state index in [2.05, 4.69) is 18.7 Å². The second kappa shape index (κ2) is 11.1. The van der Waals surface area contributed by atoms with E-state index in [1.54, 1.807) is 0 Å². The normalized spacial score (nSPS) is 22.8. The van der Waals surface area contributed by atoms with Gasteiger partial charge in [-0.05, 0) is 32.9 Å². The van der Waals surface area contributed by atoms with Gasteiger partial charge in [0, 0.05) is 6.04 Å². The highest BCUT2D eigenvalue weighted by Crippen LogP contribution is 2.24. The van der Waals surface area contributed by atoms with Crippen LogP contribution in [0.5, 0.6) is 0 Å². The van der Waals surface area contributed by atoms with E-state index < -0.39 is 5.97 Å². The van der Waals surface area contributed by atoms with E-state index in [-0.39, 0.29) is 12.0 Å². The van der Waals surface area contributed by atoms with Crippen molar-refractivity contribution in [2.45, 2.75) is 90.5 Å². The largest absolute Gasteiger partial charge is 0.481 e. The summed E-state index contributed by atoms with van der Waals surface area (Å²) in [7, 11) is 0. The van der Waals surface area contributed by atoms with Crippen molar-refractivity contribution >= 4 is 5.97 Å². The lowest BCUT2D eigenvalue weighted by atomic mass is 10.0. The quantitative estimate of drug-likeness (QED) is 0.531. The van der Waals surface area contributed by atoms with E-state index in [0.29, 0.717) is 0 Å². The summed E-state index contributed by atoms with van der Waals surface area (Å²) < 4.78 is 0. The number of aliphatic carboxylic acids is 1. The molecule has 0 aliphatic carbocycles. The zero-order valence-corrected chi connectivity index (χ0v) is 14.1. The molecule has 0 radical (unpaired) electrons. The molecule has 2 atom stereocenters. The van der Waals surface area contributed by atoms with Crippen LogP contribution >= 0.6 is 0 Å². The molecule has 0 amide bonds. The Labute approximate surface area is 131 Å². The van der Waals surface area contributed by atoms with E-state index in [1.807, 2.05) is 0 Å². The standard InChI is InChI=1S/C18H35NO2/c1-3-4-5-6-7-8-9-10-11-12-14-19-15-13-17(16(19)2)18(20)21/h16-17H,3-15H2,1-2H3,(H,20,21). The minimum absolute atomic E-state index is 0.145. The summed E-state index contributed by atoms with van der Waals surface area (Å²) in [5, 5.41) is 9.12. The van der Waals surface area contributed by atoms with E-state index in [0.717, 1.165) is 19.5 Å². The highest BCUT2D eigenvalue weighted by atomic mass is 16.4. The molecule has 1 heterocycles. The average molecular weight is 297 g/mol. The van der Waals surface area contributed by atoms with Crippen LogP contribution in [-0.4, -0.2) is 35.1 Å². The van der Waals surface area contributed by atoms with Gasteiger partial charge in [0.1, 0.15) is 0 Å². The third-order valence-corrected chi connectivity index (χ3v) is 5.00. The summed E-state index contributed by atoms with van der Waals surface area (Å²) >= 11 is 0. The first-order valence-corrected chi connectivity index (χ1v) is 9.13. The molecule has 0 aromatic heterocycles. The summed E-state index contributed by atoms with van der Waals surface area (Å²) in [4.78, 5) is 13.4. The Morgan fingerprint density at radius 2 is 1.52 bits per heavy atom. The third-order valence-electron chi connectivity index (χ3n) is 5.00. The highest BCUT2D eigenvalue weighted by Gasteiger charge is 2.34. The molecule has 1 N–H and O–H groups in total. The number of nitrogens with zero attached hydrogens (tertiary/aromatic N) is 1. The number of unbranched alkanes of at least 4 members (excludes halogenated alkanes) is 9. The average Bonchev–Trinajstić information content (AvgIpc) is 2.82. The molecule has 2 unspecified atom stereocenters. The maximum absolute atomic E-state index is 11.1. The monoisotopic (exact) mass is 297 g/mol. The van der Waals surface area contributed by atoms with Crippen LogP contribution in [0.25, 0.3) is 0 Å². The summed E-state index contributed by atoms with van der Waals surface area (Å²) in [5.74, 6) is -0.763. The van der Waals surface area contributed by atoms with Gasteiger partial charge < -0.3 is 5.11 Å². The number of carbonyl (C=O) groups is 1. The lowest BCUT2D eigenvalue weighted by Crippen LogP contribution is -2.33. The van der Waals surface area contributed by atoms with Crippen molar-refractivity contribution < 1.29 is 9.90 Å². The molecule has 0 bridgehead atoms. The molecule has 1 rings (SSSR count). The Bertz CT molecular complexity index is 280. The van der Waals surface area contributed by atoms with Crippen LogP contribution in [-0.2, 0) is 4.79 Å². The van der Waals surface area contributed by atoms with Crippen LogP contribution in [0.1, 0.15) is 84.5 Å². The second-order valence-electron chi connectivity index (χ2n) is 6.69. The lowest BCUT2D eigenvalue weighted by molar-refractivity contribution is -0.142. The molecule has 0 aromatic rings. The van der Waals surface area contributed by atoms with E-state index >= 15 is 0 Å². The van der Waals surface area contributed by atoms with Gasteiger partial charge in [0.2, 0.25) is 0 Å². The number of likely N-dealkylation sites (tertiary alicyclic amines) is 1. The number of carboxylic acid groups (broad SMARTS) is 1. The van der Waals surface area contributed by atoms with Crippen LogP contribution in [0.4, 0.5) is 0 Å². The van der Waals surface area contributed by atoms with Gasteiger partial charge in [0.25, 0.3) is 0 Å². The molecular formula is C18H35NO2. The van der Waals surface area contributed by atoms with Crippen LogP contribution in [0, 0.1) is 5.92 Å². The molecule has 1 saturated heterocycles. The van der Waals surface area contributed by atoms with Gasteiger partial charge in [0.15, 0.2) is 0 Å². The molecule has 124 valence electrons. The maximum Gasteiger partial charge on any atom is 0.308 e. The van der Waals surface area contributed by atoms with Crippen LogP contribution in [0.3, 0.4) is 0 Å². The van der Waals surface area contributed by atoms with Crippen LogP contribution in [0.15, 0.2) is 0 Å². The fourth-order valence-electron chi connectivity index (χ4n) is 3.45. The molecule has 0 saturated carbocycles. The molecule has 0 spiro atoms. The van der Waals surface area contributed by atoms with Crippen molar-refractivity contribution in [3.8, 4) is 0 Å². The Balaban J connectivity index is 1.92. The topological polar surface area (TPSA) is 40.5 Å². The van der Waals surface area contributed by atoms with Crippen molar-refractivity contribution in [2.75, 3.05) is 13.1 Å². The zero-order chi connectivity index (χ0) is 15.5. The third kappa shape index (κ3) is 7.30. The molecular weight excluding hydrogens is 262 g/mol. The van der Waals surface area contributed by atoms with E-state index in [4.69, 9.17) is 5.11 Å². The van der Waals surface area contributed by atoms with Gasteiger partial charge >= 0.3 is 5.97 Å². The Morgan fingerprint density at radius 1 is 1.00 bits per heavy atom. The van der Waals surface area contributed by atoms with Gasteiger partial charge in [-0.2, -0.15) is 0 Å². The number of rotatable bonds is 12. The molecule has 3 nitrogen and oxygen atoms in total. The fraction of sp³-hybridized carbons (Fsp3) is 0.944. The molecule has 0 aromatic carbocycles. The maximum atomic E-state index is 11.1. The Kier molecular flexibility index (Phi) is 9.73. The first kappa shape index (κ1) is 18.5. The predicted molar refractivity (Wildman–Crippen MR) is 88.6 cm³/mol. The molecule has 1 fully saturated rings. The first-order valence-electron chi connectivity index (χ1n) is 9.13. The first-order chi connectivity index (χ1) is 10.2. The minimum atomic E-state index is -0.618. The van der Waals surface area contributed by atoms with Crippen LogP contribution < -0.4 is 0 Å². The van der Waals surface area contributed by atoms with Crippen LogP contribution in [0.2, 0.25) is 0 Å². The van der Waals surface area contributed by atoms with Crippen molar-refractivity contribution in [1.82, 2.24) is 4.90 Å². The van der Waals surface area contributed by atoms with Gasteiger partial charge in [-0.3, -0.25) is 9.69 Å². The predicted octanol–water partition coefficient (Wildman–Crippen LogP) is 4.70. The van der Waals surface area contributed by atoms with Gasteiger partial charge in [-0.25, -0.2) is 0 Å². The summed E-state index contributed by atoms with van der Waals surface area (Å²) in [6, 6.07) is 0.223. The van der Waals surface area contributed by atoms with Gasteiger partial charge in [0.05, 0.1) is 5.92 Å². The fourth-order valence-corrected chi connectivity index (χ4v) is 3.45. The zero-order valence-electron chi connectivity index (χ0n) is 14.1. The molecule has 1 aliphatic rings. The number of carboxylic acids is 1. The summed E-state index contributed by atoms with van der Waals surface area (Å²) in [6.45, 7) is 6.39.